The number of benzene rings is 2. The molecule has 1 fully saturated rings. The summed E-state index contributed by atoms with van der Waals surface area (Å²) < 4.78 is 5.38. The van der Waals surface area contributed by atoms with E-state index >= 15 is 0 Å². The Labute approximate surface area is 153 Å². The van der Waals surface area contributed by atoms with Crippen molar-refractivity contribution in [3.05, 3.63) is 60.2 Å². The molecule has 4 nitrogen and oxygen atoms in total. The van der Waals surface area contributed by atoms with E-state index in [9.17, 15) is 4.79 Å². The van der Waals surface area contributed by atoms with Crippen LogP contribution in [0, 0.1) is 0 Å². The lowest BCUT2D eigenvalue weighted by atomic mass is 10.2. The van der Waals surface area contributed by atoms with Gasteiger partial charge in [0.15, 0.2) is 0 Å². The minimum atomic E-state index is -0.0980. The van der Waals surface area contributed by atoms with Crippen LogP contribution in [0.4, 0.5) is 11.4 Å². The number of thioether (sulfide) groups is 1. The molecule has 0 saturated carbocycles. The molecule has 0 radical (unpaired) electrons. The Kier molecular flexibility index (Phi) is 6.36. The average Bonchev–Trinajstić information content (AvgIpc) is 2.68. The number of hydrogen-bond acceptors (Lipinski definition) is 4. The number of carbonyl (C=O) groups is 1. The largest absolute Gasteiger partial charge is 0.378 e. The molecular weight excluding hydrogens is 332 g/mol. The van der Waals surface area contributed by atoms with E-state index in [1.165, 1.54) is 11.3 Å². The molecule has 5 heteroatoms. The smallest absolute Gasteiger partial charge is 0.237 e. The highest BCUT2D eigenvalue weighted by Crippen LogP contribution is 2.21. The molecule has 132 valence electrons. The molecule has 0 unspecified atom stereocenters. The van der Waals surface area contributed by atoms with Crippen LogP contribution in [0.3, 0.4) is 0 Å². The Bertz CT molecular complexity index is 670. The van der Waals surface area contributed by atoms with Crippen LogP contribution in [0.1, 0.15) is 12.5 Å². The van der Waals surface area contributed by atoms with Gasteiger partial charge in [0.2, 0.25) is 5.91 Å². The predicted octanol–water partition coefficient (Wildman–Crippen LogP) is 3.78. The summed E-state index contributed by atoms with van der Waals surface area (Å²) in [6.45, 7) is 5.33. The van der Waals surface area contributed by atoms with E-state index < -0.39 is 0 Å². The summed E-state index contributed by atoms with van der Waals surface area (Å²) in [5.74, 6) is 0.880. The van der Waals surface area contributed by atoms with Gasteiger partial charge in [0, 0.05) is 30.2 Å². The zero-order valence-corrected chi connectivity index (χ0v) is 15.3. The van der Waals surface area contributed by atoms with Crippen LogP contribution in [0.2, 0.25) is 0 Å². The quantitative estimate of drug-likeness (QED) is 0.855. The number of morpholine rings is 1. The molecule has 2 aromatic rings. The molecule has 25 heavy (non-hydrogen) atoms. The second-order valence-electron chi connectivity index (χ2n) is 6.07. The fraction of sp³-hybridized carbons (Fsp3) is 0.350. The fourth-order valence-electron chi connectivity index (χ4n) is 2.69. The Morgan fingerprint density at radius 1 is 1.12 bits per heavy atom. The number of rotatable bonds is 6. The average molecular weight is 356 g/mol. The second-order valence-corrected chi connectivity index (χ2v) is 7.40. The van der Waals surface area contributed by atoms with Crippen molar-refractivity contribution in [2.75, 3.05) is 36.5 Å². The molecule has 0 aromatic heterocycles. The molecule has 1 aliphatic heterocycles. The highest BCUT2D eigenvalue weighted by Gasteiger charge is 2.14. The van der Waals surface area contributed by atoms with Crippen molar-refractivity contribution in [2.45, 2.75) is 17.9 Å². The summed E-state index contributed by atoms with van der Waals surface area (Å²) in [5, 5.41) is 2.91. The maximum absolute atomic E-state index is 12.4. The molecule has 0 bridgehead atoms. The lowest BCUT2D eigenvalue weighted by molar-refractivity contribution is -0.115. The second kappa shape index (κ2) is 8.92. The van der Waals surface area contributed by atoms with Gasteiger partial charge < -0.3 is 15.0 Å². The first-order valence-electron chi connectivity index (χ1n) is 8.61. The summed E-state index contributed by atoms with van der Waals surface area (Å²) >= 11 is 1.65. The standard InChI is InChI=1S/C20H24N2O2S/c1-16(25-15-17-5-3-2-4-6-17)20(23)21-18-7-9-19(10-8-18)22-11-13-24-14-12-22/h2-10,16H,11-15H2,1H3,(H,21,23)/t16-/m0/s1. The minimum Gasteiger partial charge on any atom is -0.378 e. The van der Waals surface area contributed by atoms with Crippen LogP contribution >= 0.6 is 11.8 Å². The molecule has 1 atom stereocenters. The first-order chi connectivity index (χ1) is 12.2. The molecule has 1 aliphatic rings. The molecule has 0 spiro atoms. The number of amides is 1. The van der Waals surface area contributed by atoms with Crippen molar-refractivity contribution in [1.29, 1.82) is 0 Å². The molecule has 1 heterocycles. The van der Waals surface area contributed by atoms with Gasteiger partial charge in [0.25, 0.3) is 0 Å². The van der Waals surface area contributed by atoms with E-state index in [0.29, 0.717) is 0 Å². The maximum Gasteiger partial charge on any atom is 0.237 e. The summed E-state index contributed by atoms with van der Waals surface area (Å²) in [6.07, 6.45) is 0. The Morgan fingerprint density at radius 3 is 2.48 bits per heavy atom. The first-order valence-corrected chi connectivity index (χ1v) is 9.66. The molecule has 1 N–H and O–H groups in total. The lowest BCUT2D eigenvalue weighted by Gasteiger charge is -2.28. The van der Waals surface area contributed by atoms with Crippen molar-refractivity contribution in [2.24, 2.45) is 0 Å². The van der Waals surface area contributed by atoms with Gasteiger partial charge in [-0.2, -0.15) is 0 Å². The van der Waals surface area contributed by atoms with Gasteiger partial charge in [-0.1, -0.05) is 30.3 Å². The number of nitrogens with zero attached hydrogens (tertiary/aromatic N) is 1. The van der Waals surface area contributed by atoms with Crippen LogP contribution in [0.25, 0.3) is 0 Å². The Hall–Kier alpha value is -1.98. The predicted molar refractivity (Wildman–Crippen MR) is 105 cm³/mol. The molecule has 0 aliphatic carbocycles. The van der Waals surface area contributed by atoms with Crippen molar-refractivity contribution in [3.8, 4) is 0 Å². The zero-order valence-electron chi connectivity index (χ0n) is 14.5. The van der Waals surface area contributed by atoms with E-state index in [-0.39, 0.29) is 11.2 Å². The number of ether oxygens (including phenoxy) is 1. The van der Waals surface area contributed by atoms with E-state index in [0.717, 1.165) is 37.7 Å². The number of hydrogen-bond donors (Lipinski definition) is 1. The molecule has 1 saturated heterocycles. The van der Waals surface area contributed by atoms with Crippen LogP contribution in [-0.4, -0.2) is 37.5 Å². The molecule has 3 rings (SSSR count). The van der Waals surface area contributed by atoms with Crippen LogP contribution in [0.5, 0.6) is 0 Å². The van der Waals surface area contributed by atoms with E-state index in [2.05, 4.69) is 34.5 Å². The van der Waals surface area contributed by atoms with E-state index in [1.54, 1.807) is 11.8 Å². The van der Waals surface area contributed by atoms with Crippen molar-refractivity contribution < 1.29 is 9.53 Å². The normalized spacial score (nSPS) is 15.6. The van der Waals surface area contributed by atoms with Crippen molar-refractivity contribution >= 4 is 29.0 Å². The summed E-state index contributed by atoms with van der Waals surface area (Å²) in [5.41, 5.74) is 3.25. The highest BCUT2D eigenvalue weighted by atomic mass is 32.2. The van der Waals surface area contributed by atoms with Gasteiger partial charge in [-0.25, -0.2) is 0 Å². The van der Waals surface area contributed by atoms with E-state index in [4.69, 9.17) is 4.74 Å². The Balaban J connectivity index is 1.49. The monoisotopic (exact) mass is 356 g/mol. The van der Waals surface area contributed by atoms with Gasteiger partial charge in [-0.3, -0.25) is 4.79 Å². The number of carbonyl (C=O) groups excluding carboxylic acids is 1. The molecule has 1 amide bonds. The SMILES string of the molecule is C[C@H](SCc1ccccc1)C(=O)Nc1ccc(N2CCOCC2)cc1. The third-order valence-electron chi connectivity index (χ3n) is 4.22. The van der Waals surface area contributed by atoms with Crippen molar-refractivity contribution in [3.63, 3.8) is 0 Å². The first kappa shape index (κ1) is 17.8. The van der Waals surface area contributed by atoms with Crippen LogP contribution in [0.15, 0.2) is 54.6 Å². The third-order valence-corrected chi connectivity index (χ3v) is 5.44. The number of nitrogens with one attached hydrogen (secondary N) is 1. The van der Waals surface area contributed by atoms with Gasteiger partial charge >= 0.3 is 0 Å². The Morgan fingerprint density at radius 2 is 1.80 bits per heavy atom. The molecular formula is C20H24N2O2S. The molecule has 2 aromatic carbocycles. The van der Waals surface area contributed by atoms with E-state index in [1.807, 2.05) is 37.3 Å². The maximum atomic E-state index is 12.4. The van der Waals surface area contributed by atoms with Gasteiger partial charge in [0.1, 0.15) is 0 Å². The summed E-state index contributed by atoms with van der Waals surface area (Å²) in [6, 6.07) is 18.3. The van der Waals surface area contributed by atoms with Crippen molar-refractivity contribution in [1.82, 2.24) is 0 Å². The highest BCUT2D eigenvalue weighted by molar-refractivity contribution is 7.99. The van der Waals surface area contributed by atoms with Crippen LogP contribution < -0.4 is 10.2 Å². The topological polar surface area (TPSA) is 41.6 Å². The summed E-state index contributed by atoms with van der Waals surface area (Å²) in [4.78, 5) is 14.7. The lowest BCUT2D eigenvalue weighted by Crippen LogP contribution is -2.36. The van der Waals surface area contributed by atoms with Crippen LogP contribution in [-0.2, 0) is 15.3 Å². The fourth-order valence-corrected chi connectivity index (χ4v) is 3.54. The van der Waals surface area contributed by atoms with Gasteiger partial charge in [-0.15, -0.1) is 11.8 Å². The van der Waals surface area contributed by atoms with Gasteiger partial charge in [-0.05, 0) is 36.8 Å². The minimum absolute atomic E-state index is 0.0417. The van der Waals surface area contributed by atoms with Gasteiger partial charge in [0.05, 0.1) is 18.5 Å². The number of anilines is 2. The zero-order chi connectivity index (χ0) is 17.5. The third kappa shape index (κ3) is 5.25. The summed E-state index contributed by atoms with van der Waals surface area (Å²) in [7, 11) is 0.